The van der Waals surface area contributed by atoms with Crippen molar-refractivity contribution < 1.29 is 12.8 Å². The fourth-order valence-electron chi connectivity index (χ4n) is 0.526. The summed E-state index contributed by atoms with van der Waals surface area (Å²) in [5.41, 5.74) is 0. The summed E-state index contributed by atoms with van der Waals surface area (Å²) in [6.45, 7) is 0. The van der Waals surface area contributed by atoms with Crippen molar-refractivity contribution in [3.8, 4) is 0 Å². The van der Waals surface area contributed by atoms with E-state index in [-0.39, 0.29) is 4.90 Å². The first kappa shape index (κ1) is 8.42. The molecule has 0 unspecified atom stereocenters. The molecular formula is C5H3ClFNO2S. The molecule has 1 aromatic rings. The van der Waals surface area contributed by atoms with Gasteiger partial charge >= 0.3 is 0 Å². The minimum atomic E-state index is -3.86. The van der Waals surface area contributed by atoms with Gasteiger partial charge in [-0.1, -0.05) is 0 Å². The maximum absolute atomic E-state index is 12.3. The SMILES string of the molecule is O=S(=O)(Cl)c1cncc(F)c1. The van der Waals surface area contributed by atoms with Gasteiger partial charge in [-0.05, 0) is 6.07 Å². The molecule has 0 N–H and O–H groups in total. The molecule has 1 heterocycles. The Hall–Kier alpha value is -0.680. The molecule has 0 aliphatic rings. The summed E-state index contributed by atoms with van der Waals surface area (Å²) >= 11 is 0. The van der Waals surface area contributed by atoms with E-state index in [0.29, 0.717) is 0 Å². The maximum Gasteiger partial charge on any atom is 0.262 e. The lowest BCUT2D eigenvalue weighted by atomic mass is 10.5. The summed E-state index contributed by atoms with van der Waals surface area (Å²) in [4.78, 5) is 2.98. The highest BCUT2D eigenvalue weighted by molar-refractivity contribution is 8.13. The summed E-state index contributed by atoms with van der Waals surface area (Å²) in [7, 11) is 1.04. The monoisotopic (exact) mass is 195 g/mol. The van der Waals surface area contributed by atoms with Crippen molar-refractivity contribution in [1.29, 1.82) is 0 Å². The van der Waals surface area contributed by atoms with Crippen LogP contribution >= 0.6 is 10.7 Å². The van der Waals surface area contributed by atoms with Crippen molar-refractivity contribution in [3.05, 3.63) is 24.3 Å². The van der Waals surface area contributed by atoms with Crippen molar-refractivity contribution in [2.75, 3.05) is 0 Å². The van der Waals surface area contributed by atoms with Gasteiger partial charge in [-0.2, -0.15) is 0 Å². The Kier molecular flexibility index (Phi) is 2.10. The lowest BCUT2D eigenvalue weighted by Crippen LogP contribution is -1.92. The largest absolute Gasteiger partial charge is 0.262 e. The topological polar surface area (TPSA) is 47.0 Å². The smallest absolute Gasteiger partial charge is 0.260 e. The number of halogens is 2. The summed E-state index contributed by atoms with van der Waals surface area (Å²) in [6, 6.07) is 0.801. The standard InChI is InChI=1S/C5H3ClFNO2S/c6-11(9,10)5-1-4(7)2-8-3-5/h1-3H. The van der Waals surface area contributed by atoms with Crippen molar-refractivity contribution in [3.63, 3.8) is 0 Å². The molecule has 0 aliphatic carbocycles. The van der Waals surface area contributed by atoms with Gasteiger partial charge in [0.1, 0.15) is 10.7 Å². The van der Waals surface area contributed by atoms with E-state index in [2.05, 4.69) is 4.98 Å². The first-order valence-corrected chi connectivity index (χ1v) is 4.86. The Bertz CT molecular complexity index is 365. The van der Waals surface area contributed by atoms with Crippen LogP contribution in [0, 0.1) is 5.82 Å². The van der Waals surface area contributed by atoms with Gasteiger partial charge in [0.05, 0.1) is 6.20 Å². The average molecular weight is 196 g/mol. The molecule has 0 saturated carbocycles. The molecule has 11 heavy (non-hydrogen) atoms. The van der Waals surface area contributed by atoms with Crippen molar-refractivity contribution in [2.45, 2.75) is 4.90 Å². The Balaban J connectivity index is 3.28. The van der Waals surface area contributed by atoms with Crippen LogP contribution in [0.25, 0.3) is 0 Å². The predicted octanol–water partition coefficient (Wildman–Crippen LogP) is 1.15. The van der Waals surface area contributed by atoms with E-state index < -0.39 is 14.9 Å². The van der Waals surface area contributed by atoms with E-state index >= 15 is 0 Å². The second kappa shape index (κ2) is 2.75. The molecule has 1 rings (SSSR count). The molecule has 0 bridgehead atoms. The second-order valence-electron chi connectivity index (χ2n) is 1.78. The van der Waals surface area contributed by atoms with Gasteiger partial charge < -0.3 is 0 Å². The van der Waals surface area contributed by atoms with Crippen molar-refractivity contribution in [1.82, 2.24) is 4.98 Å². The Labute approximate surface area is 67.2 Å². The molecular weight excluding hydrogens is 193 g/mol. The van der Waals surface area contributed by atoms with E-state index in [1.165, 1.54) is 0 Å². The fraction of sp³-hybridized carbons (Fsp3) is 0. The fourth-order valence-corrected chi connectivity index (χ4v) is 1.22. The van der Waals surface area contributed by atoms with Crippen LogP contribution in [0.4, 0.5) is 4.39 Å². The quantitative estimate of drug-likeness (QED) is 0.632. The molecule has 0 atom stereocenters. The molecule has 0 aliphatic heterocycles. The third-order valence-electron chi connectivity index (χ3n) is 0.961. The highest BCUT2D eigenvalue weighted by atomic mass is 35.7. The van der Waals surface area contributed by atoms with E-state index in [4.69, 9.17) is 10.7 Å². The van der Waals surface area contributed by atoms with Gasteiger partial charge in [0.25, 0.3) is 9.05 Å². The van der Waals surface area contributed by atoms with E-state index in [1.807, 2.05) is 0 Å². The number of hydrogen-bond acceptors (Lipinski definition) is 3. The minimum Gasteiger partial charge on any atom is -0.260 e. The number of rotatable bonds is 1. The second-order valence-corrected chi connectivity index (χ2v) is 4.34. The highest BCUT2D eigenvalue weighted by Gasteiger charge is 2.10. The molecule has 0 radical (unpaired) electrons. The van der Waals surface area contributed by atoms with Crippen LogP contribution in [-0.4, -0.2) is 13.4 Å². The Morgan fingerprint density at radius 2 is 2.09 bits per heavy atom. The summed E-state index contributed by atoms with van der Waals surface area (Å²) in [5.74, 6) is -0.730. The van der Waals surface area contributed by atoms with Gasteiger partial charge in [-0.15, -0.1) is 0 Å². The molecule has 0 amide bonds. The van der Waals surface area contributed by atoms with Crippen LogP contribution in [-0.2, 0) is 9.05 Å². The molecule has 0 spiro atoms. The molecule has 0 aromatic carbocycles. The normalized spacial score (nSPS) is 11.5. The zero-order valence-corrected chi connectivity index (χ0v) is 6.73. The highest BCUT2D eigenvalue weighted by Crippen LogP contribution is 2.13. The van der Waals surface area contributed by atoms with Crippen molar-refractivity contribution in [2.24, 2.45) is 0 Å². The van der Waals surface area contributed by atoms with Gasteiger partial charge in [-0.3, -0.25) is 4.98 Å². The molecule has 1 aromatic heterocycles. The van der Waals surface area contributed by atoms with Crippen LogP contribution in [0.3, 0.4) is 0 Å². The van der Waals surface area contributed by atoms with Gasteiger partial charge in [0.15, 0.2) is 0 Å². The molecule has 6 heteroatoms. The molecule has 0 fully saturated rings. The van der Waals surface area contributed by atoms with Gasteiger partial charge in [-0.25, -0.2) is 12.8 Å². The maximum atomic E-state index is 12.3. The number of aromatic nitrogens is 1. The first-order chi connectivity index (χ1) is 5.00. The number of hydrogen-bond donors (Lipinski definition) is 0. The van der Waals surface area contributed by atoms with Crippen LogP contribution in [0.5, 0.6) is 0 Å². The average Bonchev–Trinajstić information content (AvgIpc) is 1.86. The summed E-state index contributed by atoms with van der Waals surface area (Å²) < 4.78 is 33.4. The third-order valence-corrected chi connectivity index (χ3v) is 2.28. The molecule has 60 valence electrons. The van der Waals surface area contributed by atoms with Gasteiger partial charge in [0, 0.05) is 16.9 Å². The van der Waals surface area contributed by atoms with Crippen LogP contribution in [0.2, 0.25) is 0 Å². The van der Waals surface area contributed by atoms with E-state index in [9.17, 15) is 12.8 Å². The zero-order valence-electron chi connectivity index (χ0n) is 5.16. The summed E-state index contributed by atoms with van der Waals surface area (Å²) in [6.07, 6.45) is 1.87. The van der Waals surface area contributed by atoms with Crippen LogP contribution < -0.4 is 0 Å². The Morgan fingerprint density at radius 3 is 2.45 bits per heavy atom. The van der Waals surface area contributed by atoms with Crippen LogP contribution in [0.1, 0.15) is 0 Å². The molecule has 0 saturated heterocycles. The first-order valence-electron chi connectivity index (χ1n) is 2.55. The Morgan fingerprint density at radius 1 is 1.45 bits per heavy atom. The van der Waals surface area contributed by atoms with E-state index in [1.54, 1.807) is 0 Å². The molecule has 3 nitrogen and oxygen atoms in total. The van der Waals surface area contributed by atoms with Gasteiger partial charge in [0.2, 0.25) is 0 Å². The zero-order chi connectivity index (χ0) is 8.48. The lowest BCUT2D eigenvalue weighted by molar-refractivity contribution is 0.598. The minimum absolute atomic E-state index is 0.334. The lowest BCUT2D eigenvalue weighted by Gasteiger charge is -1.92. The van der Waals surface area contributed by atoms with Crippen molar-refractivity contribution >= 4 is 19.7 Å². The van der Waals surface area contributed by atoms with Crippen LogP contribution in [0.15, 0.2) is 23.4 Å². The predicted molar refractivity (Wildman–Crippen MR) is 37.2 cm³/mol. The van der Waals surface area contributed by atoms with E-state index in [0.717, 1.165) is 18.5 Å². The summed E-state index contributed by atoms with van der Waals surface area (Å²) in [5, 5.41) is 0. The number of pyridine rings is 1. The third kappa shape index (κ3) is 2.13. The number of nitrogens with zero attached hydrogens (tertiary/aromatic N) is 1.